The number of sulfone groups is 1. The minimum atomic E-state index is -3.64. The number of H-pyrrole nitrogens is 1. The Labute approximate surface area is 193 Å². The maximum Gasteiger partial charge on any atom is 0.349 e. The fourth-order valence-corrected chi connectivity index (χ4v) is 5.77. The molecule has 32 heavy (non-hydrogen) atoms. The Hall–Kier alpha value is -2.89. The molecule has 1 aromatic carbocycles. The van der Waals surface area contributed by atoms with E-state index < -0.39 is 32.7 Å². The van der Waals surface area contributed by atoms with Crippen molar-refractivity contribution in [1.29, 1.82) is 0 Å². The number of carbonyl (C=O) groups excluding carboxylic acids is 1. The van der Waals surface area contributed by atoms with Crippen molar-refractivity contribution in [3.05, 3.63) is 67.9 Å². The number of aromatic nitrogens is 2. The predicted octanol–water partition coefficient (Wildman–Crippen LogP) is 2.65. The van der Waals surface area contributed by atoms with Crippen molar-refractivity contribution in [3.63, 3.8) is 0 Å². The van der Waals surface area contributed by atoms with Crippen LogP contribution in [0.4, 0.5) is 0 Å². The molecule has 0 aliphatic heterocycles. The van der Waals surface area contributed by atoms with Crippen molar-refractivity contribution in [2.75, 3.05) is 0 Å². The summed E-state index contributed by atoms with van der Waals surface area (Å²) in [5, 5.41) is 16.7. The molecule has 2 heterocycles. The Kier molecular flexibility index (Phi) is 7.22. The number of rotatable bonds is 8. The highest BCUT2D eigenvalue weighted by Crippen LogP contribution is 2.33. The average Bonchev–Trinajstić information content (AvgIpc) is 3.28. The maximum absolute atomic E-state index is 12.9. The van der Waals surface area contributed by atoms with Crippen molar-refractivity contribution in [1.82, 2.24) is 15.0 Å². The summed E-state index contributed by atoms with van der Waals surface area (Å²) in [7, 11) is -3.64. The van der Waals surface area contributed by atoms with Gasteiger partial charge in [0.2, 0.25) is 5.88 Å². The van der Waals surface area contributed by atoms with E-state index in [0.29, 0.717) is 6.42 Å². The van der Waals surface area contributed by atoms with Crippen LogP contribution in [0.15, 0.2) is 56.7 Å². The van der Waals surface area contributed by atoms with E-state index in [4.69, 9.17) is 11.6 Å². The van der Waals surface area contributed by atoms with Crippen molar-refractivity contribution < 1.29 is 18.3 Å². The van der Waals surface area contributed by atoms with E-state index in [1.165, 1.54) is 25.4 Å². The number of thiophene rings is 1. The molecule has 3 N–H and O–H groups in total. The summed E-state index contributed by atoms with van der Waals surface area (Å²) in [5.41, 5.74) is 0.252. The summed E-state index contributed by atoms with van der Waals surface area (Å²) in [4.78, 5) is 26.8. The monoisotopic (exact) mass is 496 g/mol. The van der Waals surface area contributed by atoms with E-state index in [9.17, 15) is 23.1 Å². The van der Waals surface area contributed by atoms with Gasteiger partial charge in [-0.15, -0.1) is 11.3 Å². The highest BCUT2D eigenvalue weighted by Gasteiger charge is 2.28. The number of aromatic amines is 1. The highest BCUT2D eigenvalue weighted by atomic mass is 35.5. The van der Waals surface area contributed by atoms with Gasteiger partial charge in [0.15, 0.2) is 9.84 Å². The first-order chi connectivity index (χ1) is 15.1. The molecule has 12 heteroatoms. The highest BCUT2D eigenvalue weighted by molar-refractivity contribution is 7.92. The second-order valence-electron chi connectivity index (χ2n) is 7.16. The predicted molar refractivity (Wildman–Crippen MR) is 124 cm³/mol. The zero-order valence-electron chi connectivity index (χ0n) is 17.1. The van der Waals surface area contributed by atoms with Crippen molar-refractivity contribution in [2.45, 2.75) is 36.5 Å². The standard InChI is InChI=1S/C20H21ClN4O5S2/c1-12(2)32(29,30)15-11-31-18(17(15)21)19(27)23-14(8-13-6-4-3-5-7-13)9-22-25-10-16(26)24-20(25)28/h3-7,9-12,14,26H,8H2,1-2H3,(H,23,27)(H,24,28). The van der Waals surface area contributed by atoms with Crippen LogP contribution in [0.5, 0.6) is 5.88 Å². The van der Waals surface area contributed by atoms with Gasteiger partial charge >= 0.3 is 5.69 Å². The Balaban J connectivity index is 1.87. The summed E-state index contributed by atoms with van der Waals surface area (Å²) in [6.45, 7) is 3.08. The van der Waals surface area contributed by atoms with Gasteiger partial charge in [0.05, 0.1) is 27.4 Å². The van der Waals surface area contributed by atoms with Crippen LogP contribution in [0, 0.1) is 0 Å². The lowest BCUT2D eigenvalue weighted by Gasteiger charge is -2.14. The number of amides is 1. The molecule has 9 nitrogen and oxygen atoms in total. The van der Waals surface area contributed by atoms with E-state index in [1.807, 2.05) is 30.3 Å². The van der Waals surface area contributed by atoms with Gasteiger partial charge in [0, 0.05) is 11.6 Å². The topological polar surface area (TPSA) is 134 Å². The molecular formula is C20H21ClN4O5S2. The average molecular weight is 497 g/mol. The van der Waals surface area contributed by atoms with Gasteiger partial charge in [0.1, 0.15) is 4.88 Å². The van der Waals surface area contributed by atoms with Crippen LogP contribution >= 0.6 is 22.9 Å². The van der Waals surface area contributed by atoms with Crippen LogP contribution in [-0.2, 0) is 16.3 Å². The molecule has 1 amide bonds. The number of carbonyl (C=O) groups is 1. The summed E-state index contributed by atoms with van der Waals surface area (Å²) in [6, 6.07) is 8.63. The van der Waals surface area contributed by atoms with E-state index in [-0.39, 0.29) is 20.7 Å². The number of aromatic hydroxyl groups is 1. The number of halogens is 1. The lowest BCUT2D eigenvalue weighted by atomic mass is 10.1. The Morgan fingerprint density at radius 2 is 2.03 bits per heavy atom. The molecule has 3 rings (SSSR count). The van der Waals surface area contributed by atoms with Crippen molar-refractivity contribution in [3.8, 4) is 5.88 Å². The van der Waals surface area contributed by atoms with E-state index >= 15 is 0 Å². The Bertz CT molecular complexity index is 1290. The van der Waals surface area contributed by atoms with Gasteiger partial charge in [-0.05, 0) is 25.8 Å². The lowest BCUT2D eigenvalue weighted by molar-refractivity contribution is 0.0951. The van der Waals surface area contributed by atoms with Crippen LogP contribution in [0.1, 0.15) is 29.1 Å². The van der Waals surface area contributed by atoms with Gasteiger partial charge in [-0.25, -0.2) is 13.2 Å². The fourth-order valence-electron chi connectivity index (χ4n) is 2.78. The smallest absolute Gasteiger partial charge is 0.349 e. The van der Waals surface area contributed by atoms with Crippen molar-refractivity contribution >= 4 is 44.9 Å². The second-order valence-corrected chi connectivity index (χ2v) is 10.9. The number of benzene rings is 1. The third-order valence-corrected chi connectivity index (χ3v) is 8.43. The summed E-state index contributed by atoms with van der Waals surface area (Å²) in [5.74, 6) is -0.915. The summed E-state index contributed by atoms with van der Waals surface area (Å²) < 4.78 is 25.8. The number of nitrogens with zero attached hydrogens (tertiary/aromatic N) is 2. The molecule has 1 atom stereocenters. The minimum Gasteiger partial charge on any atom is -0.493 e. The molecule has 0 aliphatic rings. The molecule has 0 spiro atoms. The normalized spacial score (nSPS) is 13.0. The molecule has 1 unspecified atom stereocenters. The van der Waals surface area contributed by atoms with Gasteiger partial charge in [0.25, 0.3) is 5.91 Å². The Morgan fingerprint density at radius 3 is 2.62 bits per heavy atom. The molecule has 0 radical (unpaired) electrons. The second kappa shape index (κ2) is 9.72. The van der Waals surface area contributed by atoms with Crippen molar-refractivity contribution in [2.24, 2.45) is 5.10 Å². The number of nitrogens with one attached hydrogen (secondary N) is 2. The minimum absolute atomic E-state index is 0.0637. The quantitative estimate of drug-likeness (QED) is 0.412. The van der Waals surface area contributed by atoms with E-state index in [0.717, 1.165) is 27.8 Å². The summed E-state index contributed by atoms with van der Waals surface area (Å²) in [6.07, 6.45) is 2.80. The van der Waals surface area contributed by atoms with Crippen LogP contribution < -0.4 is 11.0 Å². The fraction of sp³-hybridized carbons (Fsp3) is 0.250. The van der Waals surface area contributed by atoms with Crippen LogP contribution in [0.3, 0.4) is 0 Å². The first-order valence-corrected chi connectivity index (χ1v) is 12.3. The molecule has 3 aromatic rings. The first kappa shape index (κ1) is 23.8. The maximum atomic E-state index is 12.9. The van der Waals surface area contributed by atoms with Crippen LogP contribution in [0.25, 0.3) is 0 Å². The molecular weight excluding hydrogens is 476 g/mol. The third kappa shape index (κ3) is 5.29. The number of hydrogen-bond acceptors (Lipinski definition) is 7. The van der Waals surface area contributed by atoms with Gasteiger partial charge in [-0.1, -0.05) is 41.9 Å². The van der Waals surface area contributed by atoms with Gasteiger partial charge in [-0.3, -0.25) is 9.78 Å². The third-order valence-electron chi connectivity index (χ3n) is 4.51. The molecule has 0 saturated heterocycles. The molecule has 0 saturated carbocycles. The SMILES string of the molecule is CC(C)S(=O)(=O)c1csc(C(=O)NC(C=Nn2cc(O)[nH]c2=O)Cc2ccccc2)c1Cl. The summed E-state index contributed by atoms with van der Waals surface area (Å²) >= 11 is 7.18. The van der Waals surface area contributed by atoms with Crippen LogP contribution in [-0.4, -0.2) is 46.6 Å². The number of hydrogen-bond donors (Lipinski definition) is 3. The lowest BCUT2D eigenvalue weighted by Crippen LogP contribution is -2.38. The zero-order chi connectivity index (χ0) is 23.5. The molecule has 2 aromatic heterocycles. The zero-order valence-corrected chi connectivity index (χ0v) is 19.5. The first-order valence-electron chi connectivity index (χ1n) is 9.50. The van der Waals surface area contributed by atoms with Gasteiger partial charge < -0.3 is 10.4 Å². The van der Waals surface area contributed by atoms with E-state index in [1.54, 1.807) is 0 Å². The molecule has 170 valence electrons. The number of imidazole rings is 1. The molecule has 0 bridgehead atoms. The molecule has 0 fully saturated rings. The molecule has 0 aliphatic carbocycles. The van der Waals surface area contributed by atoms with E-state index in [2.05, 4.69) is 15.4 Å². The Morgan fingerprint density at radius 1 is 1.34 bits per heavy atom. The van der Waals surface area contributed by atoms with Crippen LogP contribution in [0.2, 0.25) is 5.02 Å². The van der Waals surface area contributed by atoms with Gasteiger partial charge in [-0.2, -0.15) is 9.78 Å². The largest absolute Gasteiger partial charge is 0.493 e.